The van der Waals surface area contributed by atoms with Gasteiger partial charge >= 0.3 is 7.12 Å². The molecule has 2 unspecified atom stereocenters. The molecule has 0 bridgehead atoms. The number of nitrogens with two attached hydrogens (primary N) is 1. The van der Waals surface area contributed by atoms with E-state index in [-0.39, 0.29) is 5.94 Å². The number of nitrogens with zero attached hydrogens (tertiary/aromatic N) is 1. The van der Waals surface area contributed by atoms with Gasteiger partial charge in [0.1, 0.15) is 0 Å². The van der Waals surface area contributed by atoms with Crippen molar-refractivity contribution in [3.63, 3.8) is 0 Å². The Balaban J connectivity index is 0.000000325. The Morgan fingerprint density at radius 1 is 1.44 bits per heavy atom. The summed E-state index contributed by atoms with van der Waals surface area (Å²) in [4.78, 5) is 11.6. The molecule has 0 saturated carbocycles. The molecule has 1 amide bonds. The largest absolute Gasteiger partial charge is 0.475 e. The highest BCUT2D eigenvalue weighted by Crippen LogP contribution is 2.15. The van der Waals surface area contributed by atoms with Crippen molar-refractivity contribution in [1.29, 1.82) is 0 Å². The minimum Gasteiger partial charge on any atom is -0.426 e. The first-order valence-electron chi connectivity index (χ1n) is 5.73. The molecule has 1 fully saturated rings. The van der Waals surface area contributed by atoms with Gasteiger partial charge in [-0.1, -0.05) is 13.8 Å². The van der Waals surface area contributed by atoms with Crippen LogP contribution >= 0.6 is 0 Å². The van der Waals surface area contributed by atoms with E-state index in [1.54, 1.807) is 0 Å². The second-order valence-corrected chi connectivity index (χ2v) is 4.57. The van der Waals surface area contributed by atoms with Crippen LogP contribution in [0.2, 0.25) is 0 Å². The maximum absolute atomic E-state index is 10.2. The van der Waals surface area contributed by atoms with Gasteiger partial charge in [-0.05, 0) is 25.7 Å². The van der Waals surface area contributed by atoms with Gasteiger partial charge in [-0.15, -0.1) is 0 Å². The number of carbonyl (C=O) groups excluding carboxylic acids is 1. The average Bonchev–Trinajstić information content (AvgIpc) is 2.66. The fraction of sp³-hybridized carbons (Fsp3) is 0.900. The van der Waals surface area contributed by atoms with E-state index in [1.165, 1.54) is 4.90 Å². The van der Waals surface area contributed by atoms with Crippen molar-refractivity contribution in [2.45, 2.75) is 45.6 Å². The molecule has 0 aromatic rings. The Bertz CT molecular complexity index is 195. The number of likely N-dealkylation sites (tertiary alicyclic amines) is 1. The van der Waals surface area contributed by atoms with Crippen LogP contribution in [-0.4, -0.2) is 47.0 Å². The summed E-state index contributed by atoms with van der Waals surface area (Å²) in [6, 6.07) is 0.352. The summed E-state index contributed by atoms with van der Waals surface area (Å²) in [6.45, 7) is 6.89. The first kappa shape index (κ1) is 15.4. The predicted octanol–water partition coefficient (Wildman–Crippen LogP) is -0.391. The van der Waals surface area contributed by atoms with Crippen LogP contribution < -0.4 is 5.73 Å². The molecule has 0 aromatic heterocycles. The summed E-state index contributed by atoms with van der Waals surface area (Å²) in [6.07, 6.45) is 2.22. The topological polar surface area (TPSA) is 86.8 Å². The molecule has 1 saturated heterocycles. The predicted molar refractivity (Wildman–Crippen MR) is 64.5 cm³/mol. The van der Waals surface area contributed by atoms with Crippen LogP contribution in [0.4, 0.5) is 0 Å². The zero-order valence-electron chi connectivity index (χ0n) is 10.3. The van der Waals surface area contributed by atoms with Gasteiger partial charge in [0, 0.05) is 12.6 Å². The van der Waals surface area contributed by atoms with Gasteiger partial charge in [-0.25, -0.2) is 0 Å². The third kappa shape index (κ3) is 5.49. The standard InChI is InChI=1S/C5H10BNO3.C5H13N/c8-4-7-3-1-2-5(7)6(9)10;1-4(2)5(3)6/h4-5,9-10H,1-3H2;4-5H,6H2,1-3H3. The summed E-state index contributed by atoms with van der Waals surface area (Å²) in [5.74, 6) is 0.252. The lowest BCUT2D eigenvalue weighted by Crippen LogP contribution is -2.41. The van der Waals surface area contributed by atoms with Crippen molar-refractivity contribution in [3.8, 4) is 0 Å². The third-order valence-corrected chi connectivity index (χ3v) is 2.87. The van der Waals surface area contributed by atoms with E-state index in [0.29, 0.717) is 31.3 Å². The second kappa shape index (κ2) is 7.65. The summed E-state index contributed by atoms with van der Waals surface area (Å²) in [5.41, 5.74) is 5.44. The molecule has 1 aliphatic heterocycles. The Kier molecular flexibility index (Phi) is 7.37. The van der Waals surface area contributed by atoms with E-state index in [2.05, 4.69) is 13.8 Å². The maximum atomic E-state index is 10.2. The molecule has 6 heteroatoms. The van der Waals surface area contributed by atoms with Crippen LogP contribution in [0.3, 0.4) is 0 Å². The maximum Gasteiger partial charge on any atom is 0.475 e. The Morgan fingerprint density at radius 2 is 1.94 bits per heavy atom. The number of hydrogen-bond donors (Lipinski definition) is 3. The SMILES string of the molecule is CC(C)C(C)N.O=CN1CCCC1B(O)O. The summed E-state index contributed by atoms with van der Waals surface area (Å²) < 4.78 is 0. The Labute approximate surface area is 97.8 Å². The van der Waals surface area contributed by atoms with E-state index in [9.17, 15) is 4.79 Å². The first-order chi connectivity index (χ1) is 7.40. The van der Waals surface area contributed by atoms with Crippen LogP contribution in [0.15, 0.2) is 0 Å². The van der Waals surface area contributed by atoms with E-state index >= 15 is 0 Å². The molecule has 0 spiro atoms. The monoisotopic (exact) mass is 230 g/mol. The molecule has 1 rings (SSSR count). The molecule has 2 atom stereocenters. The lowest BCUT2D eigenvalue weighted by molar-refractivity contribution is -0.118. The molecule has 0 aliphatic carbocycles. The molecule has 1 aliphatic rings. The van der Waals surface area contributed by atoms with Gasteiger partial charge in [0.05, 0.1) is 5.94 Å². The van der Waals surface area contributed by atoms with Crippen LogP contribution in [-0.2, 0) is 4.79 Å². The summed E-state index contributed by atoms with van der Waals surface area (Å²) in [7, 11) is -1.38. The molecule has 0 radical (unpaired) electrons. The van der Waals surface area contributed by atoms with Gasteiger partial charge < -0.3 is 20.7 Å². The van der Waals surface area contributed by atoms with Crippen LogP contribution in [0, 0.1) is 5.92 Å². The van der Waals surface area contributed by atoms with Crippen LogP contribution in [0.25, 0.3) is 0 Å². The van der Waals surface area contributed by atoms with Gasteiger partial charge in [-0.3, -0.25) is 4.79 Å². The fourth-order valence-electron chi connectivity index (χ4n) is 1.27. The summed E-state index contributed by atoms with van der Waals surface area (Å²) >= 11 is 0. The highest BCUT2D eigenvalue weighted by molar-refractivity contribution is 6.43. The normalized spacial score (nSPS) is 21.4. The minimum atomic E-state index is -1.38. The highest BCUT2D eigenvalue weighted by Gasteiger charge is 2.32. The van der Waals surface area contributed by atoms with Gasteiger partial charge in [-0.2, -0.15) is 0 Å². The Morgan fingerprint density at radius 3 is 2.19 bits per heavy atom. The van der Waals surface area contributed by atoms with Gasteiger partial charge in [0.2, 0.25) is 6.41 Å². The van der Waals surface area contributed by atoms with Crippen molar-refractivity contribution in [2.24, 2.45) is 11.7 Å². The molecular weight excluding hydrogens is 207 g/mol. The van der Waals surface area contributed by atoms with Crippen LogP contribution in [0.1, 0.15) is 33.6 Å². The van der Waals surface area contributed by atoms with Crippen molar-refractivity contribution < 1.29 is 14.8 Å². The van der Waals surface area contributed by atoms with Crippen molar-refractivity contribution in [3.05, 3.63) is 0 Å². The number of amides is 1. The molecule has 4 N–H and O–H groups in total. The van der Waals surface area contributed by atoms with Crippen LogP contribution in [0.5, 0.6) is 0 Å². The van der Waals surface area contributed by atoms with Crippen molar-refractivity contribution >= 4 is 13.5 Å². The molecule has 1 heterocycles. The highest BCUT2D eigenvalue weighted by atomic mass is 16.4. The molecule has 0 aromatic carbocycles. The third-order valence-electron chi connectivity index (χ3n) is 2.87. The van der Waals surface area contributed by atoms with E-state index in [0.717, 1.165) is 6.42 Å². The van der Waals surface area contributed by atoms with E-state index < -0.39 is 7.12 Å². The first-order valence-corrected chi connectivity index (χ1v) is 5.73. The second-order valence-electron chi connectivity index (χ2n) is 4.57. The average molecular weight is 230 g/mol. The quantitative estimate of drug-likeness (QED) is 0.455. The molecule has 94 valence electrons. The van der Waals surface area contributed by atoms with Crippen molar-refractivity contribution in [2.75, 3.05) is 6.54 Å². The lowest BCUT2D eigenvalue weighted by Gasteiger charge is -2.17. The van der Waals surface area contributed by atoms with E-state index in [1.807, 2.05) is 6.92 Å². The number of hydrogen-bond acceptors (Lipinski definition) is 4. The zero-order valence-corrected chi connectivity index (χ0v) is 10.3. The zero-order chi connectivity index (χ0) is 12.7. The van der Waals surface area contributed by atoms with E-state index in [4.69, 9.17) is 15.8 Å². The number of carbonyl (C=O) groups is 1. The lowest BCUT2D eigenvalue weighted by atomic mass is 9.78. The Hall–Kier alpha value is -0.585. The number of rotatable bonds is 3. The minimum absolute atomic E-state index is 0.352. The summed E-state index contributed by atoms with van der Waals surface area (Å²) in [5, 5.41) is 17.4. The fourth-order valence-corrected chi connectivity index (χ4v) is 1.27. The smallest absolute Gasteiger partial charge is 0.426 e. The van der Waals surface area contributed by atoms with Gasteiger partial charge in [0.25, 0.3) is 0 Å². The molecular formula is C10H23BN2O3. The van der Waals surface area contributed by atoms with Gasteiger partial charge in [0.15, 0.2) is 0 Å². The molecule has 16 heavy (non-hydrogen) atoms. The van der Waals surface area contributed by atoms with Crippen molar-refractivity contribution in [1.82, 2.24) is 4.90 Å². The molecule has 5 nitrogen and oxygen atoms in total.